The molecule has 24 heavy (non-hydrogen) atoms. The summed E-state index contributed by atoms with van der Waals surface area (Å²) < 4.78 is 23.0. The van der Waals surface area contributed by atoms with Crippen molar-refractivity contribution < 1.29 is 8.42 Å². The smallest absolute Gasteiger partial charge is 0.191 e. The maximum absolute atomic E-state index is 11.5. The van der Waals surface area contributed by atoms with Gasteiger partial charge in [0, 0.05) is 31.4 Å². The van der Waals surface area contributed by atoms with Crippen LogP contribution in [0, 0.1) is 0 Å². The van der Waals surface area contributed by atoms with E-state index in [1.807, 2.05) is 6.92 Å². The maximum atomic E-state index is 11.5. The lowest BCUT2D eigenvalue weighted by Gasteiger charge is -2.34. The van der Waals surface area contributed by atoms with E-state index in [1.165, 1.54) is 32.2 Å². The summed E-state index contributed by atoms with van der Waals surface area (Å²) in [4.78, 5) is 7.12. The molecule has 1 aliphatic rings. The second-order valence-corrected chi connectivity index (χ2v) is 8.49. The van der Waals surface area contributed by atoms with E-state index in [-0.39, 0.29) is 35.5 Å². The highest BCUT2D eigenvalue weighted by Crippen LogP contribution is 2.18. The molecule has 1 unspecified atom stereocenters. The molecule has 0 spiro atoms. The monoisotopic (exact) mass is 474 g/mol. The summed E-state index contributed by atoms with van der Waals surface area (Å²) in [5.74, 6) is 1.05. The van der Waals surface area contributed by atoms with E-state index in [1.54, 1.807) is 6.92 Å². The van der Waals surface area contributed by atoms with Crippen LogP contribution >= 0.6 is 24.0 Å². The number of aliphatic imine (C=N–C) groups is 1. The Hall–Kier alpha value is -0.0900. The highest BCUT2D eigenvalue weighted by Gasteiger charge is 2.19. The Kier molecular flexibility index (Phi) is 13.1. The average molecular weight is 474 g/mol. The minimum absolute atomic E-state index is 0. The fourth-order valence-electron chi connectivity index (χ4n) is 2.92. The number of hydrogen-bond acceptors (Lipinski definition) is 4. The number of piperidine rings is 1. The van der Waals surface area contributed by atoms with E-state index in [0.717, 1.165) is 19.6 Å². The Bertz CT molecular complexity index is 457. The molecule has 0 aliphatic carbocycles. The van der Waals surface area contributed by atoms with E-state index in [9.17, 15) is 8.42 Å². The molecule has 1 aliphatic heterocycles. The SMILES string of the molecule is CCNC(=NCCN1CCCCC1CC)NCCS(=O)(=O)CC.I. The maximum Gasteiger partial charge on any atom is 0.191 e. The van der Waals surface area contributed by atoms with E-state index in [0.29, 0.717) is 18.5 Å². The van der Waals surface area contributed by atoms with Gasteiger partial charge in [-0.05, 0) is 32.7 Å². The summed E-state index contributed by atoms with van der Waals surface area (Å²) in [6.07, 6.45) is 5.13. The summed E-state index contributed by atoms with van der Waals surface area (Å²) in [6, 6.07) is 0.698. The topological polar surface area (TPSA) is 73.8 Å². The van der Waals surface area contributed by atoms with Gasteiger partial charge in [-0.25, -0.2) is 8.42 Å². The third-order valence-corrected chi connectivity index (χ3v) is 6.07. The molecule has 0 aromatic rings. The lowest BCUT2D eigenvalue weighted by Crippen LogP contribution is -2.42. The van der Waals surface area contributed by atoms with E-state index >= 15 is 0 Å². The van der Waals surface area contributed by atoms with E-state index in [2.05, 4.69) is 27.4 Å². The average Bonchev–Trinajstić information content (AvgIpc) is 2.55. The molecule has 1 saturated heterocycles. The van der Waals surface area contributed by atoms with Crippen molar-refractivity contribution in [2.75, 3.05) is 44.2 Å². The fraction of sp³-hybridized carbons (Fsp3) is 0.938. The van der Waals surface area contributed by atoms with Gasteiger partial charge in [0.2, 0.25) is 0 Å². The molecule has 0 radical (unpaired) electrons. The molecule has 8 heteroatoms. The Labute approximate surface area is 165 Å². The number of guanidine groups is 1. The molecule has 1 rings (SSSR count). The van der Waals surface area contributed by atoms with Gasteiger partial charge in [0.05, 0.1) is 12.3 Å². The normalized spacial score (nSPS) is 19.6. The van der Waals surface area contributed by atoms with E-state index < -0.39 is 9.84 Å². The first-order valence-electron chi connectivity index (χ1n) is 8.99. The molecular formula is C16H35IN4O2S. The van der Waals surface area contributed by atoms with Crippen LogP contribution in [0.4, 0.5) is 0 Å². The van der Waals surface area contributed by atoms with Crippen LogP contribution in [0.3, 0.4) is 0 Å². The van der Waals surface area contributed by atoms with Gasteiger partial charge in [0.1, 0.15) is 0 Å². The highest BCUT2D eigenvalue weighted by molar-refractivity contribution is 14.0. The van der Waals surface area contributed by atoms with Crippen molar-refractivity contribution in [2.45, 2.75) is 52.5 Å². The Balaban J connectivity index is 0.00000529. The third-order valence-electron chi connectivity index (χ3n) is 4.37. The number of hydrogen-bond donors (Lipinski definition) is 2. The fourth-order valence-corrected chi connectivity index (χ4v) is 3.62. The van der Waals surface area contributed by atoms with Gasteiger partial charge >= 0.3 is 0 Å². The molecule has 0 bridgehead atoms. The molecule has 144 valence electrons. The van der Waals surface area contributed by atoms with Crippen LogP contribution < -0.4 is 10.6 Å². The second-order valence-electron chi connectivity index (χ2n) is 6.02. The first kappa shape index (κ1) is 23.9. The van der Waals surface area contributed by atoms with Crippen molar-refractivity contribution in [1.29, 1.82) is 0 Å². The lowest BCUT2D eigenvalue weighted by molar-refractivity contribution is 0.148. The number of rotatable bonds is 9. The molecule has 0 saturated carbocycles. The lowest BCUT2D eigenvalue weighted by atomic mass is 10.0. The highest BCUT2D eigenvalue weighted by atomic mass is 127. The zero-order valence-electron chi connectivity index (χ0n) is 15.4. The molecule has 6 nitrogen and oxygen atoms in total. The van der Waals surface area contributed by atoms with E-state index in [4.69, 9.17) is 0 Å². The van der Waals surface area contributed by atoms with Crippen molar-refractivity contribution in [3.05, 3.63) is 0 Å². The zero-order chi connectivity index (χ0) is 17.1. The second kappa shape index (κ2) is 13.2. The quantitative estimate of drug-likeness (QED) is 0.303. The van der Waals surface area contributed by atoms with Gasteiger partial charge in [-0.15, -0.1) is 24.0 Å². The molecule has 0 aromatic heterocycles. The first-order chi connectivity index (χ1) is 11.0. The number of nitrogens with zero attached hydrogens (tertiary/aromatic N) is 2. The number of halogens is 1. The van der Waals surface area contributed by atoms with Crippen LogP contribution in [-0.2, 0) is 9.84 Å². The van der Waals surface area contributed by atoms with Crippen LogP contribution in [0.2, 0.25) is 0 Å². The van der Waals surface area contributed by atoms with Gasteiger partial charge < -0.3 is 10.6 Å². The predicted molar refractivity (Wildman–Crippen MR) is 113 cm³/mol. The number of sulfone groups is 1. The van der Waals surface area contributed by atoms with Crippen molar-refractivity contribution >= 4 is 39.8 Å². The summed E-state index contributed by atoms with van der Waals surface area (Å²) in [5, 5.41) is 6.29. The Morgan fingerprint density at radius 2 is 1.96 bits per heavy atom. The summed E-state index contributed by atoms with van der Waals surface area (Å²) in [5.41, 5.74) is 0. The van der Waals surface area contributed by atoms with Gasteiger partial charge in [0.25, 0.3) is 0 Å². The summed E-state index contributed by atoms with van der Waals surface area (Å²) in [6.45, 7) is 10.0. The van der Waals surface area contributed by atoms with Crippen LogP contribution in [0.15, 0.2) is 4.99 Å². The molecule has 1 heterocycles. The first-order valence-corrected chi connectivity index (χ1v) is 10.8. The minimum atomic E-state index is -2.93. The molecule has 1 fully saturated rings. The molecule has 1 atom stereocenters. The van der Waals surface area contributed by atoms with Gasteiger partial charge in [-0.3, -0.25) is 9.89 Å². The summed E-state index contributed by atoms with van der Waals surface area (Å²) >= 11 is 0. The van der Waals surface area contributed by atoms with Crippen molar-refractivity contribution in [3.8, 4) is 0 Å². The van der Waals surface area contributed by atoms with Gasteiger partial charge in [-0.2, -0.15) is 0 Å². The largest absolute Gasteiger partial charge is 0.357 e. The Morgan fingerprint density at radius 3 is 2.58 bits per heavy atom. The van der Waals surface area contributed by atoms with Crippen molar-refractivity contribution in [1.82, 2.24) is 15.5 Å². The summed E-state index contributed by atoms with van der Waals surface area (Å²) in [7, 11) is -2.93. The predicted octanol–water partition coefficient (Wildman–Crippen LogP) is 1.86. The van der Waals surface area contributed by atoms with Gasteiger partial charge in [-0.1, -0.05) is 20.3 Å². The van der Waals surface area contributed by atoms with Crippen LogP contribution in [0.1, 0.15) is 46.5 Å². The molecule has 0 amide bonds. The van der Waals surface area contributed by atoms with Crippen molar-refractivity contribution in [3.63, 3.8) is 0 Å². The molecular weight excluding hydrogens is 439 g/mol. The minimum Gasteiger partial charge on any atom is -0.357 e. The standard InChI is InChI=1S/C16H34N4O2S.HI/c1-4-15-9-7-8-12-20(15)13-10-18-16(17-5-2)19-11-14-23(21,22)6-3;/h15H,4-14H2,1-3H3,(H2,17,18,19);1H. The van der Waals surface area contributed by atoms with Crippen molar-refractivity contribution in [2.24, 2.45) is 4.99 Å². The van der Waals surface area contributed by atoms with Gasteiger partial charge in [0.15, 0.2) is 15.8 Å². The van der Waals surface area contributed by atoms with Crippen LogP contribution in [0.5, 0.6) is 0 Å². The van der Waals surface area contributed by atoms with Crippen LogP contribution in [-0.4, -0.2) is 69.5 Å². The zero-order valence-corrected chi connectivity index (χ0v) is 18.5. The Morgan fingerprint density at radius 1 is 1.21 bits per heavy atom. The third kappa shape index (κ3) is 9.41. The van der Waals surface area contributed by atoms with Crippen LogP contribution in [0.25, 0.3) is 0 Å². The molecule has 2 N–H and O–H groups in total. The number of likely N-dealkylation sites (tertiary alicyclic amines) is 1. The molecule has 0 aromatic carbocycles. The number of nitrogens with one attached hydrogen (secondary N) is 2.